The average Bonchev–Trinajstić information content (AvgIpc) is 2.39. The summed E-state index contributed by atoms with van der Waals surface area (Å²) < 4.78 is 28.3. The molecule has 0 atom stereocenters. The van der Waals surface area contributed by atoms with Gasteiger partial charge in [-0.15, -0.1) is 0 Å². The van der Waals surface area contributed by atoms with Gasteiger partial charge in [-0.3, -0.25) is 14.9 Å². The maximum atomic E-state index is 13.8. The molecule has 0 saturated heterocycles. The van der Waals surface area contributed by atoms with E-state index in [4.69, 9.17) is 5.84 Å². The Balaban J connectivity index is 2.84. The van der Waals surface area contributed by atoms with E-state index in [0.717, 1.165) is 6.07 Å². The molecule has 21 heavy (non-hydrogen) atoms. The zero-order valence-corrected chi connectivity index (χ0v) is 10.5. The van der Waals surface area contributed by atoms with Gasteiger partial charge in [-0.1, -0.05) is 0 Å². The molecule has 0 unspecified atom stereocenters. The van der Waals surface area contributed by atoms with Gasteiger partial charge in [0.25, 0.3) is 5.56 Å². The summed E-state index contributed by atoms with van der Waals surface area (Å²) in [6.07, 6.45) is 0. The summed E-state index contributed by atoms with van der Waals surface area (Å²) in [4.78, 5) is 33.0. The number of nitro groups is 1. The quantitative estimate of drug-likeness (QED) is 0.483. The van der Waals surface area contributed by atoms with Gasteiger partial charge in [0.15, 0.2) is 5.82 Å². The smallest absolute Gasteiger partial charge is 0.335 e. The number of nitrogens with zero attached hydrogens (tertiary/aromatic N) is 3. The van der Waals surface area contributed by atoms with Gasteiger partial charge in [-0.2, -0.15) is 4.39 Å². The van der Waals surface area contributed by atoms with Crippen LogP contribution >= 0.6 is 0 Å². The van der Waals surface area contributed by atoms with E-state index in [1.54, 1.807) is 0 Å². The predicted octanol–water partition coefficient (Wildman–Crippen LogP) is 0.208. The van der Waals surface area contributed by atoms with Crippen LogP contribution in [0.25, 0.3) is 5.69 Å². The van der Waals surface area contributed by atoms with Crippen LogP contribution in [0.2, 0.25) is 0 Å². The van der Waals surface area contributed by atoms with Crippen molar-refractivity contribution in [1.29, 1.82) is 0 Å². The topological polar surface area (TPSA) is 113 Å². The standard InChI is InChI=1S/C11H8F2N4O4/c1-5-2-10(18)15(11(19)16(5)14)8-3-7(13)9(17(20)21)4-6(8)12/h2-4H,14H2,1H3. The maximum absolute atomic E-state index is 13.8. The van der Waals surface area contributed by atoms with Crippen molar-refractivity contribution in [2.45, 2.75) is 6.92 Å². The van der Waals surface area contributed by atoms with Crippen LogP contribution in [-0.4, -0.2) is 14.2 Å². The molecular weight excluding hydrogens is 290 g/mol. The van der Waals surface area contributed by atoms with Gasteiger partial charge >= 0.3 is 11.4 Å². The van der Waals surface area contributed by atoms with Crippen LogP contribution in [0.5, 0.6) is 0 Å². The van der Waals surface area contributed by atoms with E-state index < -0.39 is 39.2 Å². The number of benzene rings is 1. The SMILES string of the molecule is Cc1cc(=O)n(-c2cc(F)c([N+](=O)[O-])cc2F)c(=O)n1N. The molecule has 0 amide bonds. The summed E-state index contributed by atoms with van der Waals surface area (Å²) in [5, 5.41) is 10.5. The minimum atomic E-state index is -1.38. The van der Waals surface area contributed by atoms with Crippen LogP contribution in [0.3, 0.4) is 0 Å². The maximum Gasteiger partial charge on any atom is 0.354 e. The molecule has 10 heteroatoms. The molecule has 2 N–H and O–H groups in total. The number of rotatable bonds is 2. The third-order valence-corrected chi connectivity index (χ3v) is 2.78. The summed E-state index contributed by atoms with van der Waals surface area (Å²) in [6.45, 7) is 1.37. The van der Waals surface area contributed by atoms with Gasteiger partial charge in [-0.05, 0) is 6.92 Å². The fourth-order valence-corrected chi connectivity index (χ4v) is 1.72. The van der Waals surface area contributed by atoms with Crippen molar-refractivity contribution in [2.24, 2.45) is 0 Å². The van der Waals surface area contributed by atoms with E-state index in [1.165, 1.54) is 6.92 Å². The van der Waals surface area contributed by atoms with Gasteiger partial charge in [0.1, 0.15) is 0 Å². The van der Waals surface area contributed by atoms with E-state index in [1.807, 2.05) is 0 Å². The molecule has 2 rings (SSSR count). The molecule has 0 fully saturated rings. The number of hydrogen-bond donors (Lipinski definition) is 1. The summed E-state index contributed by atoms with van der Waals surface area (Å²) in [5.41, 5.74) is -3.79. The molecule has 1 aromatic carbocycles. The minimum Gasteiger partial charge on any atom is -0.335 e. The van der Waals surface area contributed by atoms with Crippen molar-refractivity contribution in [3.05, 3.63) is 66.5 Å². The molecule has 0 aliphatic carbocycles. The first-order chi connectivity index (χ1) is 9.73. The highest BCUT2D eigenvalue weighted by Gasteiger charge is 2.21. The van der Waals surface area contributed by atoms with Crippen molar-refractivity contribution in [2.75, 3.05) is 5.84 Å². The molecule has 2 aromatic rings. The fourth-order valence-electron chi connectivity index (χ4n) is 1.72. The first-order valence-corrected chi connectivity index (χ1v) is 5.48. The summed E-state index contributed by atoms with van der Waals surface area (Å²) in [6, 6.07) is 1.63. The summed E-state index contributed by atoms with van der Waals surface area (Å²) >= 11 is 0. The largest absolute Gasteiger partial charge is 0.354 e. The molecule has 0 spiro atoms. The van der Waals surface area contributed by atoms with E-state index in [0.29, 0.717) is 10.7 Å². The van der Waals surface area contributed by atoms with Crippen LogP contribution in [0, 0.1) is 28.7 Å². The lowest BCUT2D eigenvalue weighted by atomic mass is 10.2. The number of nitro benzene ring substituents is 1. The Kier molecular flexibility index (Phi) is 3.29. The Morgan fingerprint density at radius 1 is 1.19 bits per heavy atom. The van der Waals surface area contributed by atoms with Crippen molar-refractivity contribution in [1.82, 2.24) is 9.24 Å². The highest BCUT2D eigenvalue weighted by molar-refractivity contribution is 5.43. The predicted molar refractivity (Wildman–Crippen MR) is 67.8 cm³/mol. The van der Waals surface area contributed by atoms with Crippen molar-refractivity contribution >= 4 is 5.69 Å². The van der Waals surface area contributed by atoms with Crippen molar-refractivity contribution < 1.29 is 13.7 Å². The third-order valence-electron chi connectivity index (χ3n) is 2.78. The van der Waals surface area contributed by atoms with E-state index in [9.17, 15) is 28.5 Å². The second kappa shape index (κ2) is 4.81. The van der Waals surface area contributed by atoms with E-state index >= 15 is 0 Å². The number of hydrogen-bond acceptors (Lipinski definition) is 5. The molecule has 110 valence electrons. The lowest BCUT2D eigenvalue weighted by molar-refractivity contribution is -0.387. The molecule has 8 nitrogen and oxygen atoms in total. The normalized spacial score (nSPS) is 10.6. The number of aromatic nitrogens is 2. The molecule has 1 heterocycles. The Bertz CT molecular complexity index is 872. The Morgan fingerprint density at radius 3 is 2.38 bits per heavy atom. The van der Waals surface area contributed by atoms with E-state index in [2.05, 4.69) is 0 Å². The van der Waals surface area contributed by atoms with Crippen LogP contribution in [0.15, 0.2) is 27.8 Å². The van der Waals surface area contributed by atoms with Crippen LogP contribution in [-0.2, 0) is 0 Å². The van der Waals surface area contributed by atoms with Gasteiger partial charge in [0.2, 0.25) is 5.82 Å². The molecule has 0 bridgehead atoms. The van der Waals surface area contributed by atoms with Gasteiger partial charge < -0.3 is 5.84 Å². The van der Waals surface area contributed by atoms with E-state index in [-0.39, 0.29) is 16.3 Å². The second-order valence-electron chi connectivity index (χ2n) is 4.12. The first-order valence-electron chi connectivity index (χ1n) is 5.48. The lowest BCUT2D eigenvalue weighted by Crippen LogP contribution is -2.43. The number of nitrogens with two attached hydrogens (primary N) is 1. The van der Waals surface area contributed by atoms with Crippen molar-refractivity contribution in [3.8, 4) is 5.69 Å². The Labute approximate surface area is 114 Å². The average molecular weight is 298 g/mol. The number of halogens is 2. The first kappa shape index (κ1) is 14.4. The van der Waals surface area contributed by atoms with Crippen molar-refractivity contribution in [3.63, 3.8) is 0 Å². The molecule has 0 saturated carbocycles. The Hall–Kier alpha value is -3.04. The Morgan fingerprint density at radius 2 is 1.81 bits per heavy atom. The third kappa shape index (κ3) is 2.26. The second-order valence-corrected chi connectivity index (χ2v) is 4.12. The number of nitrogen functional groups attached to an aromatic ring is 1. The fraction of sp³-hybridized carbons (Fsp3) is 0.0909. The molecule has 0 aliphatic heterocycles. The zero-order valence-electron chi connectivity index (χ0n) is 10.5. The zero-order chi connectivity index (χ0) is 15.9. The summed E-state index contributed by atoms with van der Waals surface area (Å²) in [5.74, 6) is 2.69. The van der Waals surface area contributed by atoms with Crippen LogP contribution in [0.1, 0.15) is 5.69 Å². The molecule has 0 radical (unpaired) electrons. The van der Waals surface area contributed by atoms with Gasteiger partial charge in [0, 0.05) is 17.8 Å². The molecular formula is C11H8F2N4O4. The van der Waals surface area contributed by atoms with Gasteiger partial charge in [-0.25, -0.2) is 18.4 Å². The highest BCUT2D eigenvalue weighted by atomic mass is 19.1. The van der Waals surface area contributed by atoms with Gasteiger partial charge in [0.05, 0.1) is 16.7 Å². The number of aryl methyl sites for hydroxylation is 1. The monoisotopic (exact) mass is 298 g/mol. The molecule has 0 aliphatic rings. The van der Waals surface area contributed by atoms with Crippen LogP contribution < -0.4 is 17.1 Å². The minimum absolute atomic E-state index is 0.115. The summed E-state index contributed by atoms with van der Waals surface area (Å²) in [7, 11) is 0. The lowest BCUT2D eigenvalue weighted by Gasteiger charge is -2.09. The molecule has 1 aromatic heterocycles. The highest BCUT2D eigenvalue weighted by Crippen LogP contribution is 2.22. The van der Waals surface area contributed by atoms with Crippen LogP contribution in [0.4, 0.5) is 14.5 Å².